The van der Waals surface area contributed by atoms with Crippen molar-refractivity contribution in [2.45, 2.75) is 26.3 Å². The summed E-state index contributed by atoms with van der Waals surface area (Å²) < 4.78 is 5.23. The maximum Gasteiger partial charge on any atom is 0.243 e. The summed E-state index contributed by atoms with van der Waals surface area (Å²) in [6, 6.07) is 6.06. The van der Waals surface area contributed by atoms with E-state index in [4.69, 9.17) is 4.74 Å². The molecule has 1 unspecified atom stereocenters. The number of nitrogens with one attached hydrogen (secondary N) is 1. The third-order valence-electron chi connectivity index (χ3n) is 3.23. The molecule has 0 saturated carbocycles. The lowest BCUT2D eigenvalue weighted by atomic mass is 10.1. The van der Waals surface area contributed by atoms with E-state index in [0.29, 0.717) is 12.6 Å². The van der Waals surface area contributed by atoms with Gasteiger partial charge in [-0.15, -0.1) is 0 Å². The minimum atomic E-state index is 0.0444. The molecule has 4 heteroatoms. The van der Waals surface area contributed by atoms with Crippen LogP contribution in [-0.4, -0.2) is 25.6 Å². The molecule has 92 valence electrons. The molecule has 0 saturated heterocycles. The number of ether oxygens (including phenoxy) is 1. The molecule has 0 fully saturated rings. The van der Waals surface area contributed by atoms with Crippen molar-refractivity contribution < 1.29 is 9.53 Å². The summed E-state index contributed by atoms with van der Waals surface area (Å²) in [4.78, 5) is 13.7. The van der Waals surface area contributed by atoms with Gasteiger partial charge in [-0.3, -0.25) is 4.79 Å². The van der Waals surface area contributed by atoms with Gasteiger partial charge in [0.25, 0.3) is 0 Å². The molecule has 1 aromatic rings. The summed E-state index contributed by atoms with van der Waals surface area (Å²) in [5, 5.41) is 2.88. The quantitative estimate of drug-likeness (QED) is 0.872. The van der Waals surface area contributed by atoms with Crippen LogP contribution in [0.15, 0.2) is 18.2 Å². The fraction of sp³-hybridized carbons (Fsp3) is 0.462. The number of anilines is 2. The Hall–Kier alpha value is -1.71. The van der Waals surface area contributed by atoms with Crippen LogP contribution in [0.2, 0.25) is 0 Å². The van der Waals surface area contributed by atoms with Gasteiger partial charge in [0.1, 0.15) is 5.75 Å². The van der Waals surface area contributed by atoms with Crippen molar-refractivity contribution in [1.29, 1.82) is 0 Å². The van der Waals surface area contributed by atoms with Crippen LogP contribution in [0, 0.1) is 0 Å². The Kier molecular flexibility index (Phi) is 3.22. The molecule has 1 heterocycles. The molecule has 2 rings (SSSR count). The van der Waals surface area contributed by atoms with Crippen molar-refractivity contribution >= 4 is 17.3 Å². The predicted molar refractivity (Wildman–Crippen MR) is 68.7 cm³/mol. The Morgan fingerprint density at radius 2 is 2.29 bits per heavy atom. The van der Waals surface area contributed by atoms with E-state index in [-0.39, 0.29) is 5.91 Å². The van der Waals surface area contributed by atoms with Crippen LogP contribution in [0.5, 0.6) is 5.75 Å². The second-order valence-corrected chi connectivity index (χ2v) is 4.32. The van der Waals surface area contributed by atoms with Gasteiger partial charge in [0.2, 0.25) is 5.91 Å². The summed E-state index contributed by atoms with van der Waals surface area (Å²) in [5.41, 5.74) is 1.90. The maximum atomic E-state index is 11.6. The highest BCUT2D eigenvalue weighted by Crippen LogP contribution is 2.34. The van der Waals surface area contributed by atoms with E-state index >= 15 is 0 Å². The highest BCUT2D eigenvalue weighted by molar-refractivity contribution is 6.01. The van der Waals surface area contributed by atoms with E-state index in [2.05, 4.69) is 24.1 Å². The normalized spacial score (nSPS) is 16.2. The first-order valence-corrected chi connectivity index (χ1v) is 5.90. The number of methoxy groups -OCH3 is 1. The molecule has 1 amide bonds. The van der Waals surface area contributed by atoms with Crippen molar-refractivity contribution in [3.05, 3.63) is 18.2 Å². The van der Waals surface area contributed by atoms with E-state index in [0.717, 1.165) is 23.5 Å². The van der Waals surface area contributed by atoms with E-state index < -0.39 is 0 Å². The van der Waals surface area contributed by atoms with E-state index in [1.54, 1.807) is 7.11 Å². The smallest absolute Gasteiger partial charge is 0.243 e. The average Bonchev–Trinajstić information content (AvgIpc) is 2.36. The number of rotatable bonds is 3. The second-order valence-electron chi connectivity index (χ2n) is 4.32. The topological polar surface area (TPSA) is 41.6 Å². The fourth-order valence-electron chi connectivity index (χ4n) is 2.03. The first-order chi connectivity index (χ1) is 8.15. The number of carbonyl (C=O) groups excluding carboxylic acids is 1. The molecule has 1 N–H and O–H groups in total. The van der Waals surface area contributed by atoms with Crippen LogP contribution in [0.3, 0.4) is 0 Å². The summed E-state index contributed by atoms with van der Waals surface area (Å²) in [5.74, 6) is 0.858. The van der Waals surface area contributed by atoms with Gasteiger partial charge in [-0.25, -0.2) is 0 Å². The lowest BCUT2D eigenvalue weighted by molar-refractivity contribution is -0.115. The fourth-order valence-corrected chi connectivity index (χ4v) is 2.03. The van der Waals surface area contributed by atoms with Crippen molar-refractivity contribution in [2.24, 2.45) is 0 Å². The van der Waals surface area contributed by atoms with Crippen molar-refractivity contribution in [2.75, 3.05) is 23.9 Å². The van der Waals surface area contributed by atoms with Gasteiger partial charge in [-0.1, -0.05) is 6.92 Å². The average molecular weight is 234 g/mol. The van der Waals surface area contributed by atoms with Crippen LogP contribution in [0.1, 0.15) is 20.3 Å². The number of nitrogens with zero attached hydrogens (tertiary/aromatic N) is 1. The molecule has 0 aromatic heterocycles. The first-order valence-electron chi connectivity index (χ1n) is 5.90. The zero-order chi connectivity index (χ0) is 12.4. The molecule has 17 heavy (non-hydrogen) atoms. The van der Waals surface area contributed by atoms with Gasteiger partial charge in [0.05, 0.1) is 25.0 Å². The summed E-state index contributed by atoms with van der Waals surface area (Å²) in [6.07, 6.45) is 1.00. The third kappa shape index (κ3) is 2.20. The zero-order valence-corrected chi connectivity index (χ0v) is 10.5. The predicted octanol–water partition coefficient (Wildman–Crippen LogP) is 2.25. The number of carbonyl (C=O) groups is 1. The molecule has 1 aliphatic rings. The Morgan fingerprint density at radius 3 is 2.94 bits per heavy atom. The van der Waals surface area contributed by atoms with Crippen LogP contribution < -0.4 is 15.0 Å². The third-order valence-corrected chi connectivity index (χ3v) is 3.23. The summed E-state index contributed by atoms with van der Waals surface area (Å²) in [7, 11) is 1.65. The Bertz CT molecular complexity index is 431. The SMILES string of the molecule is CCC(C)N1CC(=O)Nc2ccc(OC)cc21. The van der Waals surface area contributed by atoms with Crippen LogP contribution >= 0.6 is 0 Å². The molecule has 0 radical (unpaired) electrons. The van der Waals surface area contributed by atoms with Crippen molar-refractivity contribution in [3.8, 4) is 5.75 Å². The largest absolute Gasteiger partial charge is 0.497 e. The molecular formula is C13H18N2O2. The first kappa shape index (κ1) is 11.8. The summed E-state index contributed by atoms with van der Waals surface area (Å²) in [6.45, 7) is 4.66. The van der Waals surface area contributed by atoms with E-state index in [1.165, 1.54) is 0 Å². The standard InChI is InChI=1S/C13H18N2O2/c1-4-9(2)15-8-13(16)14-11-6-5-10(17-3)7-12(11)15/h5-7,9H,4,8H2,1-3H3,(H,14,16). The van der Waals surface area contributed by atoms with E-state index in [1.807, 2.05) is 18.2 Å². The summed E-state index contributed by atoms with van der Waals surface area (Å²) >= 11 is 0. The highest BCUT2D eigenvalue weighted by atomic mass is 16.5. The molecular weight excluding hydrogens is 216 g/mol. The maximum absolute atomic E-state index is 11.6. The monoisotopic (exact) mass is 234 g/mol. The number of benzene rings is 1. The van der Waals surface area contributed by atoms with Crippen LogP contribution in [0.25, 0.3) is 0 Å². The van der Waals surface area contributed by atoms with Gasteiger partial charge in [0, 0.05) is 12.1 Å². The molecule has 1 aliphatic heterocycles. The van der Waals surface area contributed by atoms with Crippen molar-refractivity contribution in [3.63, 3.8) is 0 Å². The Morgan fingerprint density at radius 1 is 1.53 bits per heavy atom. The van der Waals surface area contributed by atoms with Crippen molar-refractivity contribution in [1.82, 2.24) is 0 Å². The Balaban J connectivity index is 2.42. The molecule has 1 atom stereocenters. The Labute approximate surface area is 102 Å². The lowest BCUT2D eigenvalue weighted by Gasteiger charge is -2.35. The number of fused-ring (bicyclic) bond motifs is 1. The number of hydrogen-bond acceptors (Lipinski definition) is 3. The van der Waals surface area contributed by atoms with Gasteiger partial charge < -0.3 is 15.0 Å². The van der Waals surface area contributed by atoms with Gasteiger partial charge >= 0.3 is 0 Å². The zero-order valence-electron chi connectivity index (χ0n) is 10.5. The minimum absolute atomic E-state index is 0.0444. The number of amides is 1. The van der Waals surface area contributed by atoms with E-state index in [9.17, 15) is 4.79 Å². The van der Waals surface area contributed by atoms with Gasteiger partial charge in [0.15, 0.2) is 0 Å². The van der Waals surface area contributed by atoms with Crippen LogP contribution in [0.4, 0.5) is 11.4 Å². The molecule has 0 spiro atoms. The van der Waals surface area contributed by atoms with Gasteiger partial charge in [-0.2, -0.15) is 0 Å². The minimum Gasteiger partial charge on any atom is -0.497 e. The lowest BCUT2D eigenvalue weighted by Crippen LogP contribution is -2.43. The molecule has 0 bridgehead atoms. The molecule has 1 aromatic carbocycles. The second kappa shape index (κ2) is 4.65. The number of hydrogen-bond donors (Lipinski definition) is 1. The highest BCUT2D eigenvalue weighted by Gasteiger charge is 2.25. The van der Waals surface area contributed by atoms with Crippen LogP contribution in [-0.2, 0) is 4.79 Å². The molecule has 0 aliphatic carbocycles. The van der Waals surface area contributed by atoms with Gasteiger partial charge in [-0.05, 0) is 25.5 Å². The molecule has 4 nitrogen and oxygen atoms in total.